The number of ether oxygens (including phenoxy) is 1. The number of fused-ring (bicyclic) bond motifs is 1. The van der Waals surface area contributed by atoms with Gasteiger partial charge in [0.2, 0.25) is 0 Å². The van der Waals surface area contributed by atoms with Crippen LogP contribution in [-0.4, -0.2) is 50.1 Å². The molecule has 2 aromatic rings. The van der Waals surface area contributed by atoms with Crippen LogP contribution in [-0.2, 0) is 0 Å². The molecule has 0 radical (unpaired) electrons. The molecule has 0 saturated heterocycles. The third kappa shape index (κ3) is 5.50. The molecule has 0 bridgehead atoms. The smallest absolute Gasteiger partial charge is 0.124 e. The molecule has 3 rings (SSSR count). The fourth-order valence-corrected chi connectivity index (χ4v) is 3.17. The first kappa shape index (κ1) is 22.1. The van der Waals surface area contributed by atoms with Gasteiger partial charge in [0, 0.05) is 30.2 Å². The molecule has 1 heterocycles. The normalized spacial score (nSPS) is 16.9. The number of likely N-dealkylation sites (N-methyl/N-ethyl adjacent to an activating group) is 1. The monoisotopic (exact) mass is 402 g/mol. The number of benzene rings is 2. The van der Waals surface area contributed by atoms with E-state index >= 15 is 0 Å². The lowest BCUT2D eigenvalue weighted by molar-refractivity contribution is 0.185. The van der Waals surface area contributed by atoms with Gasteiger partial charge in [0.1, 0.15) is 12.4 Å². The molecule has 0 aromatic heterocycles. The summed E-state index contributed by atoms with van der Waals surface area (Å²) in [6.45, 7) is 3.65. The van der Waals surface area contributed by atoms with Gasteiger partial charge in [0.05, 0.1) is 6.04 Å². The van der Waals surface area contributed by atoms with Crippen LogP contribution in [0, 0.1) is 0 Å². The maximum atomic E-state index is 6.08. The second-order valence-corrected chi connectivity index (χ2v) is 6.62. The lowest BCUT2D eigenvalue weighted by Crippen LogP contribution is -2.36. The van der Waals surface area contributed by atoms with Crippen molar-refractivity contribution in [3.63, 3.8) is 0 Å². The summed E-state index contributed by atoms with van der Waals surface area (Å²) in [5.41, 5.74) is 2.48. The Hall–Kier alpha value is -0.970. The Balaban J connectivity index is 0.00000156. The van der Waals surface area contributed by atoms with Crippen molar-refractivity contribution in [1.29, 1.82) is 0 Å². The Morgan fingerprint density at radius 2 is 1.76 bits per heavy atom. The minimum Gasteiger partial charge on any atom is -0.492 e. The minimum absolute atomic E-state index is 0. The van der Waals surface area contributed by atoms with Crippen LogP contribution < -0.4 is 4.74 Å². The lowest BCUT2D eigenvalue weighted by Gasteiger charge is -2.31. The van der Waals surface area contributed by atoms with E-state index in [0.717, 1.165) is 30.4 Å². The van der Waals surface area contributed by atoms with Crippen LogP contribution in [0.15, 0.2) is 48.5 Å². The Kier molecular flexibility index (Phi) is 9.04. The largest absolute Gasteiger partial charge is 0.492 e. The first-order valence-electron chi connectivity index (χ1n) is 8.01. The van der Waals surface area contributed by atoms with Gasteiger partial charge in [-0.15, -0.1) is 24.8 Å². The van der Waals surface area contributed by atoms with E-state index in [2.05, 4.69) is 54.2 Å². The van der Waals surface area contributed by atoms with Crippen molar-refractivity contribution in [3.05, 3.63) is 64.7 Å². The Bertz CT molecular complexity index is 649. The standard InChI is InChI=1S/C19H23ClN2O.2ClH/c1-21(2)11-12-22-13-14-23-18-6-4-3-5-17(18)19(22)15-7-9-16(20)10-8-15;;/h3-10,19H,11-14H2,1-2H3;2*1H. The highest BCUT2D eigenvalue weighted by Gasteiger charge is 2.27. The summed E-state index contributed by atoms with van der Waals surface area (Å²) in [5.74, 6) is 0.986. The second kappa shape index (κ2) is 10.2. The highest BCUT2D eigenvalue weighted by Crippen LogP contribution is 2.36. The quantitative estimate of drug-likeness (QED) is 0.746. The van der Waals surface area contributed by atoms with Gasteiger partial charge < -0.3 is 9.64 Å². The van der Waals surface area contributed by atoms with Gasteiger partial charge in [-0.3, -0.25) is 4.90 Å². The van der Waals surface area contributed by atoms with Crippen LogP contribution in [0.25, 0.3) is 0 Å². The number of hydrogen-bond acceptors (Lipinski definition) is 3. The molecule has 0 amide bonds. The number of halogens is 3. The van der Waals surface area contributed by atoms with E-state index in [-0.39, 0.29) is 30.9 Å². The highest BCUT2D eigenvalue weighted by atomic mass is 35.5. The first-order chi connectivity index (χ1) is 11.1. The summed E-state index contributed by atoms with van der Waals surface area (Å²) in [5, 5.41) is 0.770. The average Bonchev–Trinajstić information content (AvgIpc) is 2.73. The van der Waals surface area contributed by atoms with Crippen molar-refractivity contribution < 1.29 is 4.74 Å². The Morgan fingerprint density at radius 3 is 2.44 bits per heavy atom. The van der Waals surface area contributed by atoms with Crippen LogP contribution in [0.3, 0.4) is 0 Å². The SMILES string of the molecule is CN(C)CCN1CCOc2ccccc2C1c1ccc(Cl)cc1.Cl.Cl. The summed E-state index contributed by atoms with van der Waals surface area (Å²) < 4.78 is 5.98. The first-order valence-corrected chi connectivity index (χ1v) is 8.39. The Labute approximate surface area is 167 Å². The summed E-state index contributed by atoms with van der Waals surface area (Å²) in [4.78, 5) is 4.71. The van der Waals surface area contributed by atoms with Crippen LogP contribution in [0.1, 0.15) is 17.2 Å². The third-order valence-corrected chi connectivity index (χ3v) is 4.49. The molecule has 1 atom stereocenters. The molecule has 0 saturated carbocycles. The van der Waals surface area contributed by atoms with Crippen molar-refractivity contribution in [2.24, 2.45) is 0 Å². The molecule has 6 heteroatoms. The van der Waals surface area contributed by atoms with Gasteiger partial charge in [-0.2, -0.15) is 0 Å². The molecule has 25 heavy (non-hydrogen) atoms. The molecule has 0 fully saturated rings. The molecule has 1 unspecified atom stereocenters. The maximum absolute atomic E-state index is 6.08. The van der Waals surface area contributed by atoms with Crippen LogP contribution in [0.2, 0.25) is 5.02 Å². The predicted molar refractivity (Wildman–Crippen MR) is 110 cm³/mol. The van der Waals surface area contributed by atoms with Gasteiger partial charge >= 0.3 is 0 Å². The zero-order valence-electron chi connectivity index (χ0n) is 14.5. The van der Waals surface area contributed by atoms with E-state index < -0.39 is 0 Å². The van der Waals surface area contributed by atoms with Crippen molar-refractivity contribution in [1.82, 2.24) is 9.80 Å². The zero-order valence-corrected chi connectivity index (χ0v) is 16.9. The summed E-state index contributed by atoms with van der Waals surface area (Å²) in [7, 11) is 4.22. The third-order valence-electron chi connectivity index (χ3n) is 4.23. The molecular weight excluding hydrogens is 379 g/mol. The van der Waals surface area contributed by atoms with Crippen molar-refractivity contribution in [2.45, 2.75) is 6.04 Å². The second-order valence-electron chi connectivity index (χ2n) is 6.18. The number of hydrogen-bond donors (Lipinski definition) is 0. The minimum atomic E-state index is 0. The number of para-hydroxylation sites is 1. The van der Waals surface area contributed by atoms with Gasteiger partial charge in [0.15, 0.2) is 0 Å². The van der Waals surface area contributed by atoms with E-state index in [9.17, 15) is 0 Å². The molecule has 138 valence electrons. The van der Waals surface area contributed by atoms with Gasteiger partial charge in [-0.25, -0.2) is 0 Å². The summed E-state index contributed by atoms with van der Waals surface area (Å²) >= 11 is 6.08. The lowest BCUT2D eigenvalue weighted by atomic mass is 9.96. The molecular formula is C19H25Cl3N2O. The van der Waals surface area contributed by atoms with Crippen LogP contribution in [0.4, 0.5) is 0 Å². The summed E-state index contributed by atoms with van der Waals surface area (Å²) in [6, 6.07) is 16.7. The molecule has 0 spiro atoms. The molecule has 2 aromatic carbocycles. The van der Waals surface area contributed by atoms with Crippen molar-refractivity contribution >= 4 is 36.4 Å². The number of nitrogens with zero attached hydrogens (tertiary/aromatic N) is 2. The maximum Gasteiger partial charge on any atom is 0.124 e. The topological polar surface area (TPSA) is 15.7 Å². The molecule has 1 aliphatic rings. The van der Waals surface area contributed by atoms with Crippen LogP contribution in [0.5, 0.6) is 5.75 Å². The summed E-state index contributed by atoms with van der Waals surface area (Å²) in [6.07, 6.45) is 0. The van der Waals surface area contributed by atoms with E-state index in [1.54, 1.807) is 0 Å². The predicted octanol–water partition coefficient (Wildman–Crippen LogP) is 4.53. The fraction of sp³-hybridized carbons (Fsp3) is 0.368. The van der Waals surface area contributed by atoms with Crippen LogP contribution >= 0.6 is 36.4 Å². The van der Waals surface area contributed by atoms with E-state index in [4.69, 9.17) is 16.3 Å². The van der Waals surface area contributed by atoms with Crippen molar-refractivity contribution in [3.8, 4) is 5.75 Å². The van der Waals surface area contributed by atoms with E-state index in [0.29, 0.717) is 6.61 Å². The average molecular weight is 404 g/mol. The van der Waals surface area contributed by atoms with Gasteiger partial charge in [-0.05, 0) is 37.9 Å². The fourth-order valence-electron chi connectivity index (χ4n) is 3.04. The van der Waals surface area contributed by atoms with Gasteiger partial charge in [-0.1, -0.05) is 41.9 Å². The highest BCUT2D eigenvalue weighted by molar-refractivity contribution is 6.30. The zero-order chi connectivity index (χ0) is 16.2. The molecule has 0 aliphatic carbocycles. The Morgan fingerprint density at radius 1 is 1.08 bits per heavy atom. The number of rotatable bonds is 4. The molecule has 1 aliphatic heterocycles. The van der Waals surface area contributed by atoms with Gasteiger partial charge in [0.25, 0.3) is 0 Å². The van der Waals surface area contributed by atoms with Crippen molar-refractivity contribution in [2.75, 3.05) is 40.3 Å². The van der Waals surface area contributed by atoms with E-state index in [1.807, 2.05) is 18.2 Å². The van der Waals surface area contributed by atoms with E-state index in [1.165, 1.54) is 11.1 Å². The molecule has 0 N–H and O–H groups in total. The molecule has 3 nitrogen and oxygen atoms in total.